The first-order chi connectivity index (χ1) is 7.38. The quantitative estimate of drug-likeness (QED) is 0.702. The summed E-state index contributed by atoms with van der Waals surface area (Å²) in [4.78, 5) is 3.98. The summed E-state index contributed by atoms with van der Waals surface area (Å²) < 4.78 is 7.24. The van der Waals surface area contributed by atoms with Crippen molar-refractivity contribution in [1.82, 2.24) is 4.98 Å². The Kier molecular flexibility index (Phi) is 2.93. The van der Waals surface area contributed by atoms with Gasteiger partial charge in [-0.25, -0.2) is 0 Å². The molecule has 0 spiro atoms. The molecule has 0 saturated carbocycles. The average molecular weight is 201 g/mol. The van der Waals surface area contributed by atoms with Crippen LogP contribution in [-0.2, 0) is 6.54 Å². The van der Waals surface area contributed by atoms with Crippen molar-refractivity contribution >= 4 is 0 Å². The van der Waals surface area contributed by atoms with E-state index in [4.69, 9.17) is 4.74 Å². The molecule has 3 heteroatoms. The van der Waals surface area contributed by atoms with Crippen LogP contribution in [0.4, 0.5) is 0 Å². The molecule has 2 rings (SSSR count). The fraction of sp³-hybridized carbons (Fsp3) is 0.167. The fourth-order valence-corrected chi connectivity index (χ4v) is 1.43. The SMILES string of the molecule is COc1cccc(C[n+]2ccncc2)c1. The summed E-state index contributed by atoms with van der Waals surface area (Å²) in [6.45, 7) is 0.833. The second-order valence-electron chi connectivity index (χ2n) is 3.27. The van der Waals surface area contributed by atoms with E-state index in [1.165, 1.54) is 5.56 Å². The molecule has 2 aromatic rings. The predicted octanol–water partition coefficient (Wildman–Crippen LogP) is 1.43. The van der Waals surface area contributed by atoms with Gasteiger partial charge < -0.3 is 4.74 Å². The van der Waals surface area contributed by atoms with Crippen molar-refractivity contribution in [3.05, 3.63) is 54.6 Å². The Morgan fingerprint density at radius 2 is 2.07 bits per heavy atom. The summed E-state index contributed by atoms with van der Waals surface area (Å²) in [5.74, 6) is 0.891. The minimum Gasteiger partial charge on any atom is -0.497 e. The number of rotatable bonds is 3. The van der Waals surface area contributed by atoms with E-state index in [1.54, 1.807) is 19.5 Å². The molecule has 0 unspecified atom stereocenters. The molecule has 0 aliphatic heterocycles. The van der Waals surface area contributed by atoms with Gasteiger partial charge in [0.25, 0.3) is 0 Å². The molecule has 3 nitrogen and oxygen atoms in total. The molecular formula is C12H13N2O+. The van der Waals surface area contributed by atoms with Crippen molar-refractivity contribution in [3.8, 4) is 5.75 Å². The second-order valence-corrected chi connectivity index (χ2v) is 3.27. The number of ether oxygens (including phenoxy) is 1. The molecule has 0 radical (unpaired) electrons. The Bertz CT molecular complexity index is 429. The van der Waals surface area contributed by atoms with Gasteiger partial charge in [-0.15, -0.1) is 0 Å². The number of aromatic nitrogens is 2. The molecule has 0 aliphatic carbocycles. The maximum Gasteiger partial charge on any atom is 0.187 e. The first-order valence-electron chi connectivity index (χ1n) is 4.80. The van der Waals surface area contributed by atoms with Crippen molar-refractivity contribution in [2.75, 3.05) is 7.11 Å². The monoisotopic (exact) mass is 201 g/mol. The van der Waals surface area contributed by atoms with Crippen LogP contribution >= 0.6 is 0 Å². The lowest BCUT2D eigenvalue weighted by Crippen LogP contribution is -2.33. The molecule has 1 heterocycles. The van der Waals surface area contributed by atoms with Crippen LogP contribution in [-0.4, -0.2) is 12.1 Å². The fourth-order valence-electron chi connectivity index (χ4n) is 1.43. The highest BCUT2D eigenvalue weighted by Gasteiger charge is 2.02. The summed E-state index contributed by atoms with van der Waals surface area (Å²) in [5.41, 5.74) is 1.21. The van der Waals surface area contributed by atoms with Crippen molar-refractivity contribution in [2.45, 2.75) is 6.54 Å². The van der Waals surface area contributed by atoms with E-state index in [2.05, 4.69) is 15.6 Å². The molecule has 0 N–H and O–H groups in total. The van der Waals surface area contributed by atoms with Crippen LogP contribution in [0.15, 0.2) is 49.1 Å². The van der Waals surface area contributed by atoms with E-state index in [0.717, 1.165) is 12.3 Å². The Labute approximate surface area is 89.0 Å². The van der Waals surface area contributed by atoms with Gasteiger partial charge in [0.15, 0.2) is 18.9 Å². The molecule has 0 amide bonds. The maximum absolute atomic E-state index is 5.17. The lowest BCUT2D eigenvalue weighted by molar-refractivity contribution is -0.688. The van der Waals surface area contributed by atoms with Crippen LogP contribution in [0.25, 0.3) is 0 Å². The van der Waals surface area contributed by atoms with E-state index in [-0.39, 0.29) is 0 Å². The van der Waals surface area contributed by atoms with Gasteiger partial charge in [0.1, 0.15) is 5.75 Å². The minimum atomic E-state index is 0.833. The first-order valence-corrected chi connectivity index (χ1v) is 4.80. The van der Waals surface area contributed by atoms with Gasteiger partial charge in [-0.3, -0.25) is 4.98 Å². The Morgan fingerprint density at radius 1 is 1.27 bits per heavy atom. The van der Waals surface area contributed by atoms with E-state index in [1.807, 2.05) is 30.6 Å². The average Bonchev–Trinajstić information content (AvgIpc) is 2.31. The summed E-state index contributed by atoms with van der Waals surface area (Å²) in [6, 6.07) is 8.06. The van der Waals surface area contributed by atoms with Gasteiger partial charge in [0.05, 0.1) is 19.5 Å². The summed E-state index contributed by atoms with van der Waals surface area (Å²) in [5, 5.41) is 0. The van der Waals surface area contributed by atoms with Crippen LogP contribution in [0.3, 0.4) is 0 Å². The summed E-state index contributed by atoms with van der Waals surface area (Å²) in [6.07, 6.45) is 7.44. The minimum absolute atomic E-state index is 0.833. The molecule has 1 aromatic heterocycles. The molecule has 1 aromatic carbocycles. The van der Waals surface area contributed by atoms with Crippen LogP contribution in [0.5, 0.6) is 5.75 Å². The standard InChI is InChI=1S/C12H13N2O/c1-15-12-4-2-3-11(9-12)10-14-7-5-13-6-8-14/h2-9H,10H2,1H3/q+1. The van der Waals surface area contributed by atoms with Crippen molar-refractivity contribution in [1.29, 1.82) is 0 Å². The Balaban J connectivity index is 2.17. The highest BCUT2D eigenvalue weighted by Crippen LogP contribution is 2.11. The molecule has 0 saturated heterocycles. The Hall–Kier alpha value is -1.90. The topological polar surface area (TPSA) is 26.0 Å². The zero-order valence-electron chi connectivity index (χ0n) is 8.63. The van der Waals surface area contributed by atoms with Crippen molar-refractivity contribution in [3.63, 3.8) is 0 Å². The van der Waals surface area contributed by atoms with Gasteiger partial charge in [-0.2, -0.15) is 4.57 Å². The normalized spacial score (nSPS) is 9.93. The van der Waals surface area contributed by atoms with Crippen LogP contribution in [0, 0.1) is 0 Å². The van der Waals surface area contributed by atoms with Crippen molar-refractivity contribution in [2.24, 2.45) is 0 Å². The third kappa shape index (κ3) is 2.53. The summed E-state index contributed by atoms with van der Waals surface area (Å²) in [7, 11) is 1.68. The van der Waals surface area contributed by atoms with Crippen LogP contribution in [0.2, 0.25) is 0 Å². The van der Waals surface area contributed by atoms with Gasteiger partial charge in [0.2, 0.25) is 0 Å². The second kappa shape index (κ2) is 4.55. The molecule has 76 valence electrons. The molecule has 15 heavy (non-hydrogen) atoms. The highest BCUT2D eigenvalue weighted by molar-refractivity contribution is 5.27. The van der Waals surface area contributed by atoms with Crippen LogP contribution < -0.4 is 9.30 Å². The lowest BCUT2D eigenvalue weighted by atomic mass is 10.2. The van der Waals surface area contributed by atoms with Gasteiger partial charge in [-0.1, -0.05) is 12.1 Å². The molecular weight excluding hydrogens is 188 g/mol. The molecule has 0 bridgehead atoms. The molecule has 0 aliphatic rings. The van der Waals surface area contributed by atoms with Gasteiger partial charge >= 0.3 is 0 Å². The van der Waals surface area contributed by atoms with E-state index in [9.17, 15) is 0 Å². The third-order valence-electron chi connectivity index (χ3n) is 2.19. The number of hydrogen-bond acceptors (Lipinski definition) is 2. The number of hydrogen-bond donors (Lipinski definition) is 0. The smallest absolute Gasteiger partial charge is 0.187 e. The lowest BCUT2D eigenvalue weighted by Gasteiger charge is -2.01. The van der Waals surface area contributed by atoms with Gasteiger partial charge in [0, 0.05) is 5.56 Å². The zero-order chi connectivity index (χ0) is 10.5. The van der Waals surface area contributed by atoms with E-state index in [0.29, 0.717) is 0 Å². The number of nitrogens with zero attached hydrogens (tertiary/aromatic N) is 2. The summed E-state index contributed by atoms with van der Waals surface area (Å²) >= 11 is 0. The predicted molar refractivity (Wildman–Crippen MR) is 56.5 cm³/mol. The number of methoxy groups -OCH3 is 1. The van der Waals surface area contributed by atoms with Gasteiger partial charge in [-0.05, 0) is 12.1 Å². The Morgan fingerprint density at radius 3 is 2.80 bits per heavy atom. The highest BCUT2D eigenvalue weighted by atomic mass is 16.5. The maximum atomic E-state index is 5.17. The van der Waals surface area contributed by atoms with E-state index < -0.39 is 0 Å². The van der Waals surface area contributed by atoms with Crippen molar-refractivity contribution < 1.29 is 9.30 Å². The molecule has 0 fully saturated rings. The first kappa shape index (κ1) is 9.65. The number of benzene rings is 1. The third-order valence-corrected chi connectivity index (χ3v) is 2.19. The largest absolute Gasteiger partial charge is 0.497 e. The molecule has 0 atom stereocenters. The zero-order valence-corrected chi connectivity index (χ0v) is 8.63. The van der Waals surface area contributed by atoms with E-state index >= 15 is 0 Å². The van der Waals surface area contributed by atoms with Crippen LogP contribution in [0.1, 0.15) is 5.56 Å².